The zero-order chi connectivity index (χ0) is 9.84. The minimum absolute atomic E-state index is 0.359. The Bertz CT molecular complexity index is 263. The predicted molar refractivity (Wildman–Crippen MR) is 46.5 cm³/mol. The minimum Gasteiger partial charge on any atom is -0.576 e. The molecule has 1 aromatic carbocycles. The Morgan fingerprint density at radius 2 is 1.69 bits per heavy atom. The molecule has 1 aromatic rings. The standard InChI is InChI=1S/C8H12N2O3/c1-7-3-5-8(6-4-7)9(11)10(12)13-2/h3-6,9-10H,1-2H3. The minimum atomic E-state index is -0.830. The highest BCUT2D eigenvalue weighted by molar-refractivity contribution is 5.31. The molecule has 0 aliphatic rings. The van der Waals surface area contributed by atoms with Gasteiger partial charge in [-0.05, 0) is 6.92 Å². The van der Waals surface area contributed by atoms with E-state index >= 15 is 0 Å². The lowest BCUT2D eigenvalue weighted by Crippen LogP contribution is -3.53. The van der Waals surface area contributed by atoms with Crippen LogP contribution in [0.1, 0.15) is 5.56 Å². The van der Waals surface area contributed by atoms with E-state index in [9.17, 15) is 10.4 Å². The summed E-state index contributed by atoms with van der Waals surface area (Å²) in [6.07, 6.45) is 0. The summed E-state index contributed by atoms with van der Waals surface area (Å²) in [6, 6.07) is 6.76. The lowest BCUT2D eigenvalue weighted by Gasteiger charge is -2.28. The van der Waals surface area contributed by atoms with Crippen molar-refractivity contribution in [1.29, 1.82) is 0 Å². The molecule has 0 aromatic heterocycles. The van der Waals surface area contributed by atoms with Gasteiger partial charge >= 0.3 is 0 Å². The maximum atomic E-state index is 11.2. The molecule has 0 bridgehead atoms. The molecule has 72 valence electrons. The average Bonchev–Trinajstić information content (AvgIpc) is 2.17. The maximum absolute atomic E-state index is 11.2. The SMILES string of the molecule is CO[NH+]([O-])[NH+]([O-])c1ccc(C)cc1. The summed E-state index contributed by atoms with van der Waals surface area (Å²) in [5.74, 6) is 0. The number of benzene rings is 1. The molecule has 0 heterocycles. The van der Waals surface area contributed by atoms with Crippen molar-refractivity contribution < 1.29 is 15.3 Å². The third-order valence-corrected chi connectivity index (χ3v) is 1.68. The van der Waals surface area contributed by atoms with Crippen LogP contribution in [-0.4, -0.2) is 7.11 Å². The molecule has 2 atom stereocenters. The summed E-state index contributed by atoms with van der Waals surface area (Å²) in [4.78, 5) is 4.31. The first-order chi connectivity index (χ1) is 6.15. The molecule has 0 saturated carbocycles. The lowest BCUT2D eigenvalue weighted by atomic mass is 10.2. The van der Waals surface area contributed by atoms with E-state index in [1.807, 2.05) is 6.92 Å². The van der Waals surface area contributed by atoms with E-state index in [-0.39, 0.29) is 0 Å². The smallest absolute Gasteiger partial charge is 0.182 e. The van der Waals surface area contributed by atoms with Crippen molar-refractivity contribution in [3.05, 3.63) is 40.2 Å². The Labute approximate surface area is 76.2 Å². The zero-order valence-corrected chi connectivity index (χ0v) is 7.53. The molecule has 0 amide bonds. The molecule has 0 spiro atoms. The van der Waals surface area contributed by atoms with Crippen molar-refractivity contribution in [1.82, 2.24) is 0 Å². The van der Waals surface area contributed by atoms with E-state index < -0.39 is 10.5 Å². The van der Waals surface area contributed by atoms with Crippen molar-refractivity contribution >= 4 is 5.69 Å². The molecule has 0 saturated heterocycles. The topological polar surface area (TPSA) is 64.2 Å². The van der Waals surface area contributed by atoms with Gasteiger partial charge in [-0.15, -0.1) is 0 Å². The number of aryl methyl sites for hydroxylation is 1. The van der Waals surface area contributed by atoms with E-state index in [0.717, 1.165) is 5.56 Å². The van der Waals surface area contributed by atoms with Crippen LogP contribution in [0.2, 0.25) is 0 Å². The summed E-state index contributed by atoms with van der Waals surface area (Å²) in [5.41, 5.74) is 1.40. The molecule has 5 heteroatoms. The Balaban J connectivity index is 2.77. The highest BCUT2D eigenvalue weighted by Gasteiger charge is 2.07. The first-order valence-corrected chi connectivity index (χ1v) is 3.84. The third kappa shape index (κ3) is 2.48. The van der Waals surface area contributed by atoms with Crippen LogP contribution < -0.4 is 10.5 Å². The van der Waals surface area contributed by atoms with Gasteiger partial charge in [0.25, 0.3) is 0 Å². The van der Waals surface area contributed by atoms with Crippen LogP contribution in [0.3, 0.4) is 0 Å². The molecule has 0 aliphatic carbocycles. The number of rotatable bonds is 3. The Kier molecular flexibility index (Phi) is 3.35. The van der Waals surface area contributed by atoms with Crippen molar-refractivity contribution in [3.63, 3.8) is 0 Å². The first-order valence-electron chi connectivity index (χ1n) is 3.84. The number of hydrogen-bond acceptors (Lipinski definition) is 3. The second-order valence-electron chi connectivity index (χ2n) is 2.69. The van der Waals surface area contributed by atoms with Gasteiger partial charge in [0.2, 0.25) is 0 Å². The third-order valence-electron chi connectivity index (χ3n) is 1.68. The average molecular weight is 184 g/mol. The zero-order valence-electron chi connectivity index (χ0n) is 7.53. The molecule has 2 unspecified atom stereocenters. The summed E-state index contributed by atoms with van der Waals surface area (Å²) in [6.45, 7) is 1.91. The maximum Gasteiger partial charge on any atom is 0.182 e. The summed E-state index contributed by atoms with van der Waals surface area (Å²) in [7, 11) is 1.19. The van der Waals surface area contributed by atoms with E-state index in [4.69, 9.17) is 0 Å². The van der Waals surface area contributed by atoms with Gasteiger partial charge in [-0.2, -0.15) is 10.0 Å². The molecular weight excluding hydrogens is 172 g/mol. The molecule has 1 rings (SSSR count). The highest BCUT2D eigenvalue weighted by Crippen LogP contribution is 2.02. The Hall–Kier alpha value is -0.980. The van der Waals surface area contributed by atoms with Crippen LogP contribution in [0.5, 0.6) is 0 Å². The molecule has 0 radical (unpaired) electrons. The fourth-order valence-corrected chi connectivity index (χ4v) is 0.915. The molecule has 5 nitrogen and oxygen atoms in total. The highest BCUT2D eigenvalue weighted by atomic mass is 17.0. The Morgan fingerprint density at radius 3 is 2.15 bits per heavy atom. The summed E-state index contributed by atoms with van der Waals surface area (Å²) < 4.78 is 0. The van der Waals surface area contributed by atoms with Crippen LogP contribution in [0.15, 0.2) is 24.3 Å². The van der Waals surface area contributed by atoms with Crippen LogP contribution in [0.25, 0.3) is 0 Å². The fourth-order valence-electron chi connectivity index (χ4n) is 0.915. The van der Waals surface area contributed by atoms with Gasteiger partial charge in [-0.25, -0.2) is 0 Å². The molecule has 0 aliphatic heterocycles. The van der Waals surface area contributed by atoms with Gasteiger partial charge in [-0.3, -0.25) is 0 Å². The van der Waals surface area contributed by atoms with Gasteiger partial charge in [0.05, 0.1) is 0 Å². The van der Waals surface area contributed by atoms with Crippen molar-refractivity contribution in [2.24, 2.45) is 0 Å². The number of hydrogen-bond donors (Lipinski definition) is 2. The second kappa shape index (κ2) is 4.31. The molecule has 13 heavy (non-hydrogen) atoms. The van der Waals surface area contributed by atoms with Crippen LogP contribution in [-0.2, 0) is 4.84 Å². The van der Waals surface area contributed by atoms with Crippen LogP contribution in [0.4, 0.5) is 5.69 Å². The largest absolute Gasteiger partial charge is 0.576 e. The first kappa shape index (κ1) is 10.1. The van der Waals surface area contributed by atoms with E-state index in [2.05, 4.69) is 4.84 Å². The quantitative estimate of drug-likeness (QED) is 0.584. The normalized spacial score (nSPS) is 15.4. The molecule has 0 fully saturated rings. The Morgan fingerprint density at radius 1 is 1.15 bits per heavy atom. The van der Waals surface area contributed by atoms with Crippen molar-refractivity contribution in [2.45, 2.75) is 6.92 Å². The van der Waals surface area contributed by atoms with E-state index in [1.54, 1.807) is 24.3 Å². The van der Waals surface area contributed by atoms with E-state index in [0.29, 0.717) is 5.69 Å². The molecular formula is C8H12N2O3. The van der Waals surface area contributed by atoms with Gasteiger partial charge in [-0.1, -0.05) is 23.0 Å². The predicted octanol–water partition coefficient (Wildman–Crippen LogP) is -1.13. The van der Waals surface area contributed by atoms with Gasteiger partial charge in [0, 0.05) is 12.1 Å². The van der Waals surface area contributed by atoms with E-state index in [1.165, 1.54) is 7.11 Å². The van der Waals surface area contributed by atoms with Crippen molar-refractivity contribution in [2.75, 3.05) is 7.11 Å². The monoisotopic (exact) mass is 184 g/mol. The van der Waals surface area contributed by atoms with Gasteiger partial charge in [0.1, 0.15) is 7.11 Å². The summed E-state index contributed by atoms with van der Waals surface area (Å²) in [5, 5.41) is 20.6. The molecule has 2 N–H and O–H groups in total. The summed E-state index contributed by atoms with van der Waals surface area (Å²) >= 11 is 0. The second-order valence-corrected chi connectivity index (χ2v) is 2.69. The van der Waals surface area contributed by atoms with Crippen LogP contribution >= 0.6 is 0 Å². The lowest BCUT2D eigenvalue weighted by molar-refractivity contribution is -1.52. The number of quaternary nitrogens is 2. The number of nitrogens with one attached hydrogen (secondary N) is 2. The van der Waals surface area contributed by atoms with Gasteiger partial charge in [0.15, 0.2) is 5.69 Å². The van der Waals surface area contributed by atoms with Crippen molar-refractivity contribution in [3.8, 4) is 0 Å². The van der Waals surface area contributed by atoms with Crippen LogP contribution in [0, 0.1) is 17.3 Å². The fraction of sp³-hybridized carbons (Fsp3) is 0.250. The van der Waals surface area contributed by atoms with Gasteiger partial charge < -0.3 is 10.4 Å².